The van der Waals surface area contributed by atoms with Crippen molar-refractivity contribution in [3.05, 3.63) is 76.4 Å². The molecule has 3 aromatic rings. The molecule has 0 saturated carbocycles. The highest BCUT2D eigenvalue weighted by Crippen LogP contribution is 2.38. The number of carbonyl (C=O) groups is 2. The van der Waals surface area contributed by atoms with Crippen LogP contribution in [0.1, 0.15) is 32.9 Å². The third-order valence-electron chi connectivity index (χ3n) is 5.57. The molecule has 34 heavy (non-hydrogen) atoms. The number of nitrogens with zero attached hydrogens (tertiary/aromatic N) is 1. The van der Waals surface area contributed by atoms with E-state index in [-0.39, 0.29) is 24.6 Å². The summed E-state index contributed by atoms with van der Waals surface area (Å²) < 4.78 is 36.3. The Kier molecular flexibility index (Phi) is 7.94. The molecule has 1 aromatic heterocycles. The van der Waals surface area contributed by atoms with E-state index in [1.807, 2.05) is 18.4 Å². The van der Waals surface area contributed by atoms with Crippen LogP contribution < -0.4 is 14.2 Å². The third kappa shape index (κ3) is 5.57. The molecule has 0 aliphatic carbocycles. The fourth-order valence-corrected chi connectivity index (χ4v) is 3.78. The molecule has 0 bridgehead atoms. The number of hydrogen-bond acceptors (Lipinski definition) is 6. The Bertz CT molecular complexity index is 1160. The summed E-state index contributed by atoms with van der Waals surface area (Å²) in [5, 5.41) is 0. The van der Waals surface area contributed by atoms with Gasteiger partial charge in [0.05, 0.1) is 27.8 Å². The van der Waals surface area contributed by atoms with Crippen molar-refractivity contribution < 1.29 is 32.9 Å². The molecule has 2 aromatic carbocycles. The lowest BCUT2D eigenvalue weighted by Crippen LogP contribution is -2.16. The van der Waals surface area contributed by atoms with Crippen LogP contribution in [-0.2, 0) is 22.5 Å². The van der Waals surface area contributed by atoms with Crippen LogP contribution in [0.5, 0.6) is 17.2 Å². The number of esters is 1. The first-order valence-electron chi connectivity index (χ1n) is 10.7. The number of ketones is 1. The molecule has 1 heterocycles. The summed E-state index contributed by atoms with van der Waals surface area (Å²) in [6.45, 7) is 3.86. The monoisotopic (exact) mass is 469 g/mol. The van der Waals surface area contributed by atoms with Gasteiger partial charge in [0.2, 0.25) is 11.5 Å². The summed E-state index contributed by atoms with van der Waals surface area (Å²) >= 11 is 0. The van der Waals surface area contributed by atoms with Gasteiger partial charge in [-0.05, 0) is 55.3 Å². The zero-order chi connectivity index (χ0) is 24.8. The van der Waals surface area contributed by atoms with E-state index in [0.717, 1.165) is 17.0 Å². The van der Waals surface area contributed by atoms with Crippen molar-refractivity contribution in [1.82, 2.24) is 4.57 Å². The van der Waals surface area contributed by atoms with E-state index in [0.29, 0.717) is 34.9 Å². The summed E-state index contributed by atoms with van der Waals surface area (Å²) in [5.74, 6) is 0.130. The van der Waals surface area contributed by atoms with E-state index in [2.05, 4.69) is 0 Å². The lowest BCUT2D eigenvalue weighted by atomic mass is 10.1. The maximum atomic E-state index is 13.2. The molecular weight excluding hydrogens is 441 g/mol. The van der Waals surface area contributed by atoms with E-state index in [9.17, 15) is 14.0 Å². The van der Waals surface area contributed by atoms with Crippen molar-refractivity contribution in [2.24, 2.45) is 0 Å². The number of carbonyl (C=O) groups excluding carboxylic acids is 2. The van der Waals surface area contributed by atoms with Crippen molar-refractivity contribution in [2.75, 3.05) is 27.9 Å². The molecule has 7 nitrogen and oxygen atoms in total. The fourth-order valence-electron chi connectivity index (χ4n) is 3.78. The average Bonchev–Trinajstić information content (AvgIpc) is 3.11. The third-order valence-corrected chi connectivity index (χ3v) is 5.57. The number of Topliss-reactive ketones (excluding diaryl/α,β-unsaturated/α-hetero) is 1. The van der Waals surface area contributed by atoms with Gasteiger partial charge in [-0.15, -0.1) is 0 Å². The second kappa shape index (κ2) is 10.9. The minimum Gasteiger partial charge on any atom is -0.493 e. The molecule has 0 aliphatic rings. The number of hydrogen-bond donors (Lipinski definition) is 0. The molecule has 0 aliphatic heterocycles. The van der Waals surface area contributed by atoms with E-state index in [1.54, 1.807) is 30.3 Å². The van der Waals surface area contributed by atoms with Crippen LogP contribution in [0.4, 0.5) is 4.39 Å². The largest absolute Gasteiger partial charge is 0.493 e. The molecule has 0 saturated heterocycles. The molecule has 0 amide bonds. The molecule has 0 spiro atoms. The molecule has 3 rings (SSSR count). The number of benzene rings is 2. The molecular formula is C26H28FNO6. The number of rotatable bonds is 10. The zero-order valence-electron chi connectivity index (χ0n) is 19.9. The van der Waals surface area contributed by atoms with Gasteiger partial charge in [0.15, 0.2) is 18.1 Å². The van der Waals surface area contributed by atoms with Crippen molar-refractivity contribution >= 4 is 11.8 Å². The van der Waals surface area contributed by atoms with Crippen LogP contribution in [0.25, 0.3) is 0 Å². The summed E-state index contributed by atoms with van der Waals surface area (Å²) in [6, 6.07) is 11.3. The molecule has 0 unspecified atom stereocenters. The highest BCUT2D eigenvalue weighted by atomic mass is 19.1. The maximum Gasteiger partial charge on any atom is 0.310 e. The number of ether oxygens (including phenoxy) is 4. The van der Waals surface area contributed by atoms with Crippen LogP contribution in [0.2, 0.25) is 0 Å². The van der Waals surface area contributed by atoms with Gasteiger partial charge >= 0.3 is 5.97 Å². The first kappa shape index (κ1) is 24.8. The SMILES string of the molecule is COc1cc(CC(=O)OCC(=O)c2cc(C)n(Cc3ccc(F)cc3)c2C)cc(OC)c1OC. The predicted molar refractivity (Wildman–Crippen MR) is 124 cm³/mol. The number of methoxy groups -OCH3 is 3. The summed E-state index contributed by atoms with van der Waals surface area (Å²) in [6.07, 6.45) is -0.0619. The number of aryl methyl sites for hydroxylation is 1. The van der Waals surface area contributed by atoms with Gasteiger partial charge < -0.3 is 23.5 Å². The lowest BCUT2D eigenvalue weighted by molar-refractivity contribution is -0.141. The fraction of sp³-hybridized carbons (Fsp3) is 0.308. The topological polar surface area (TPSA) is 76.0 Å². The average molecular weight is 470 g/mol. The highest BCUT2D eigenvalue weighted by Gasteiger charge is 2.19. The number of halogens is 1. The van der Waals surface area contributed by atoms with E-state index in [1.165, 1.54) is 33.5 Å². The first-order chi connectivity index (χ1) is 16.3. The Labute approximate surface area is 198 Å². The van der Waals surface area contributed by atoms with Crippen LogP contribution in [0.15, 0.2) is 42.5 Å². The van der Waals surface area contributed by atoms with Gasteiger partial charge in [0, 0.05) is 23.5 Å². The van der Waals surface area contributed by atoms with E-state index < -0.39 is 5.97 Å². The second-order valence-electron chi connectivity index (χ2n) is 7.79. The van der Waals surface area contributed by atoms with Crippen molar-refractivity contribution in [2.45, 2.75) is 26.8 Å². The Morgan fingerprint density at radius 1 is 0.882 bits per heavy atom. The summed E-state index contributed by atoms with van der Waals surface area (Å²) in [5.41, 5.74) is 3.64. The molecule has 0 N–H and O–H groups in total. The van der Waals surface area contributed by atoms with E-state index in [4.69, 9.17) is 18.9 Å². The van der Waals surface area contributed by atoms with Gasteiger partial charge in [0.25, 0.3) is 0 Å². The Morgan fingerprint density at radius 3 is 2.06 bits per heavy atom. The summed E-state index contributed by atoms with van der Waals surface area (Å²) in [4.78, 5) is 25.2. The van der Waals surface area contributed by atoms with Gasteiger partial charge in [-0.3, -0.25) is 9.59 Å². The zero-order valence-corrected chi connectivity index (χ0v) is 19.9. The standard InChI is InChI=1S/C26H28FNO6/c1-16-10-21(17(2)28(16)14-18-6-8-20(27)9-7-18)22(29)15-34-25(30)13-19-11-23(31-3)26(33-5)24(12-19)32-4/h6-12H,13-15H2,1-5H3. The minimum absolute atomic E-state index is 0.0619. The van der Waals surface area contributed by atoms with Gasteiger partial charge in [0.1, 0.15) is 5.82 Å². The normalized spacial score (nSPS) is 10.6. The predicted octanol–water partition coefficient (Wildman–Crippen LogP) is 4.29. The molecule has 0 radical (unpaired) electrons. The van der Waals surface area contributed by atoms with Crippen LogP contribution in [0, 0.1) is 19.7 Å². The van der Waals surface area contributed by atoms with Gasteiger partial charge in [-0.25, -0.2) is 4.39 Å². The van der Waals surface area contributed by atoms with Gasteiger partial charge in [-0.2, -0.15) is 0 Å². The smallest absolute Gasteiger partial charge is 0.310 e. The van der Waals surface area contributed by atoms with E-state index >= 15 is 0 Å². The Hall–Kier alpha value is -3.81. The number of aromatic nitrogens is 1. The van der Waals surface area contributed by atoms with Crippen LogP contribution in [-0.4, -0.2) is 44.3 Å². The van der Waals surface area contributed by atoms with Crippen LogP contribution in [0.3, 0.4) is 0 Å². The minimum atomic E-state index is -0.553. The van der Waals surface area contributed by atoms with Crippen molar-refractivity contribution in [3.63, 3.8) is 0 Å². The molecule has 8 heteroatoms. The molecule has 180 valence electrons. The Morgan fingerprint density at radius 2 is 1.50 bits per heavy atom. The van der Waals surface area contributed by atoms with Crippen LogP contribution >= 0.6 is 0 Å². The summed E-state index contributed by atoms with van der Waals surface area (Å²) in [7, 11) is 4.48. The molecule has 0 atom stereocenters. The quantitative estimate of drug-likeness (QED) is 0.326. The first-order valence-corrected chi connectivity index (χ1v) is 10.7. The van der Waals surface area contributed by atoms with Crippen molar-refractivity contribution in [1.29, 1.82) is 0 Å². The maximum absolute atomic E-state index is 13.2. The van der Waals surface area contributed by atoms with Crippen molar-refractivity contribution in [3.8, 4) is 17.2 Å². The van der Waals surface area contributed by atoms with Gasteiger partial charge in [-0.1, -0.05) is 12.1 Å². The Balaban J connectivity index is 1.66. The highest BCUT2D eigenvalue weighted by molar-refractivity contribution is 5.99. The lowest BCUT2D eigenvalue weighted by Gasteiger charge is -2.14. The molecule has 0 fully saturated rings. The second-order valence-corrected chi connectivity index (χ2v) is 7.79.